The quantitative estimate of drug-likeness (QED) is 0.484. The second-order valence-corrected chi connectivity index (χ2v) is 7.36. The van der Waals surface area contributed by atoms with Gasteiger partial charge in [0.2, 0.25) is 5.91 Å². The zero-order valence-corrected chi connectivity index (χ0v) is 17.2. The van der Waals surface area contributed by atoms with Gasteiger partial charge in [-0.25, -0.2) is 4.98 Å². The molecule has 0 aliphatic carbocycles. The first-order chi connectivity index (χ1) is 14.6. The van der Waals surface area contributed by atoms with E-state index in [1.165, 1.54) is 5.56 Å². The summed E-state index contributed by atoms with van der Waals surface area (Å²) in [6, 6.07) is 18.2. The minimum absolute atomic E-state index is 0.00597. The van der Waals surface area contributed by atoms with E-state index >= 15 is 0 Å². The molecule has 30 heavy (non-hydrogen) atoms. The van der Waals surface area contributed by atoms with E-state index in [0.717, 1.165) is 28.3 Å². The number of imidazole rings is 1. The second-order valence-electron chi connectivity index (χ2n) is 7.36. The minimum Gasteiger partial charge on any atom is -0.369 e. The maximum absolute atomic E-state index is 12.4. The van der Waals surface area contributed by atoms with Gasteiger partial charge in [0, 0.05) is 30.9 Å². The van der Waals surface area contributed by atoms with E-state index in [-0.39, 0.29) is 11.9 Å². The highest BCUT2D eigenvalue weighted by Crippen LogP contribution is 2.29. The summed E-state index contributed by atoms with van der Waals surface area (Å²) >= 11 is 0. The van der Waals surface area contributed by atoms with Crippen molar-refractivity contribution in [2.75, 3.05) is 11.9 Å². The van der Waals surface area contributed by atoms with Gasteiger partial charge in [0.25, 0.3) is 0 Å². The Kier molecular flexibility index (Phi) is 5.75. The third-order valence-electron chi connectivity index (χ3n) is 5.04. The number of nitrogens with one attached hydrogen (secondary N) is 2. The Hall–Kier alpha value is -3.67. The van der Waals surface area contributed by atoms with Crippen LogP contribution in [0.4, 0.5) is 5.82 Å². The monoisotopic (exact) mass is 399 g/mol. The van der Waals surface area contributed by atoms with Crippen LogP contribution in [-0.4, -0.2) is 26.8 Å². The molecule has 1 atom stereocenters. The van der Waals surface area contributed by atoms with Gasteiger partial charge in [0.15, 0.2) is 5.65 Å². The number of nitrogens with zero attached hydrogens (tertiary/aromatic N) is 3. The first-order valence-electron chi connectivity index (χ1n) is 10.1. The first kappa shape index (κ1) is 19.6. The van der Waals surface area contributed by atoms with Crippen molar-refractivity contribution in [3.8, 4) is 11.3 Å². The van der Waals surface area contributed by atoms with Crippen LogP contribution >= 0.6 is 0 Å². The molecule has 0 fully saturated rings. The largest absolute Gasteiger partial charge is 0.369 e. The van der Waals surface area contributed by atoms with E-state index in [1.54, 1.807) is 12.4 Å². The fourth-order valence-electron chi connectivity index (χ4n) is 3.50. The van der Waals surface area contributed by atoms with Crippen LogP contribution in [0.1, 0.15) is 30.5 Å². The summed E-state index contributed by atoms with van der Waals surface area (Å²) in [6.45, 7) is 4.56. The Labute approximate surface area is 176 Å². The molecule has 1 amide bonds. The molecule has 0 saturated carbocycles. The van der Waals surface area contributed by atoms with E-state index in [0.29, 0.717) is 13.0 Å². The van der Waals surface area contributed by atoms with Crippen molar-refractivity contribution >= 4 is 17.4 Å². The predicted octanol–water partition coefficient (Wildman–Crippen LogP) is 4.38. The molecule has 0 saturated heterocycles. The summed E-state index contributed by atoms with van der Waals surface area (Å²) in [5.74, 6) is 0.869. The lowest BCUT2D eigenvalue weighted by atomic mass is 10.1. The molecular formula is C24H25N5O. The first-order valence-corrected chi connectivity index (χ1v) is 10.1. The van der Waals surface area contributed by atoms with E-state index < -0.39 is 0 Å². The predicted molar refractivity (Wildman–Crippen MR) is 119 cm³/mol. The highest BCUT2D eigenvalue weighted by atomic mass is 16.1. The zero-order valence-electron chi connectivity index (χ0n) is 17.2. The molecular weight excluding hydrogens is 374 g/mol. The Morgan fingerprint density at radius 2 is 1.97 bits per heavy atom. The minimum atomic E-state index is -0.0246. The summed E-state index contributed by atoms with van der Waals surface area (Å²) in [5.41, 5.74) is 4.91. The summed E-state index contributed by atoms with van der Waals surface area (Å²) in [6.07, 6.45) is 5.71. The molecule has 6 nitrogen and oxygen atoms in total. The van der Waals surface area contributed by atoms with Gasteiger partial charge in [0.05, 0.1) is 12.2 Å². The molecule has 0 radical (unpaired) electrons. The maximum Gasteiger partial charge on any atom is 0.222 e. The van der Waals surface area contributed by atoms with Crippen LogP contribution < -0.4 is 10.6 Å². The number of benzene rings is 2. The average Bonchev–Trinajstić information content (AvgIpc) is 3.13. The SMILES string of the molecule is Cc1cccc(-c2nc3cnccn3c2NCCC(=O)N[C@H](C)c2ccccc2)c1. The number of rotatable bonds is 7. The number of anilines is 1. The third kappa shape index (κ3) is 4.33. The van der Waals surface area contributed by atoms with Gasteiger partial charge in [-0.1, -0.05) is 54.1 Å². The average molecular weight is 399 g/mol. The molecule has 0 unspecified atom stereocenters. The molecule has 152 valence electrons. The van der Waals surface area contributed by atoms with E-state index in [2.05, 4.69) is 34.7 Å². The highest BCUT2D eigenvalue weighted by molar-refractivity contribution is 5.79. The Balaban J connectivity index is 1.47. The molecule has 0 aliphatic heterocycles. The molecule has 4 aromatic rings. The van der Waals surface area contributed by atoms with E-state index in [4.69, 9.17) is 4.98 Å². The molecule has 2 N–H and O–H groups in total. The number of hydrogen-bond acceptors (Lipinski definition) is 4. The number of amides is 1. The second kappa shape index (κ2) is 8.78. The number of carbonyl (C=O) groups is 1. The van der Waals surface area contributed by atoms with Gasteiger partial charge < -0.3 is 10.6 Å². The fraction of sp³-hybridized carbons (Fsp3) is 0.208. The maximum atomic E-state index is 12.4. The van der Waals surface area contributed by atoms with E-state index in [9.17, 15) is 4.79 Å². The number of fused-ring (bicyclic) bond motifs is 1. The molecule has 0 spiro atoms. The van der Waals surface area contributed by atoms with Crippen molar-refractivity contribution < 1.29 is 4.79 Å². The van der Waals surface area contributed by atoms with Crippen molar-refractivity contribution in [3.63, 3.8) is 0 Å². The Morgan fingerprint density at radius 3 is 2.77 bits per heavy atom. The standard InChI is InChI=1S/C24H25N5O/c1-17-7-6-10-20(15-17)23-24(29-14-13-25-16-21(29)28-23)26-12-11-22(30)27-18(2)19-8-4-3-5-9-19/h3-10,13-16,18,26H,11-12H2,1-2H3,(H,27,30)/t18-/m1/s1. The van der Waals surface area contributed by atoms with Crippen molar-refractivity contribution in [3.05, 3.63) is 84.3 Å². The molecule has 0 bridgehead atoms. The number of aryl methyl sites for hydroxylation is 1. The summed E-state index contributed by atoms with van der Waals surface area (Å²) in [7, 11) is 0. The Bertz CT molecular complexity index is 1150. The van der Waals surface area contributed by atoms with Crippen LogP contribution in [0.15, 0.2) is 73.2 Å². The molecule has 2 aromatic heterocycles. The van der Waals surface area contributed by atoms with E-state index in [1.807, 2.05) is 60.0 Å². The molecule has 4 rings (SSSR count). The van der Waals surface area contributed by atoms with Crippen molar-refractivity contribution in [2.24, 2.45) is 0 Å². The van der Waals surface area contributed by atoms with Crippen LogP contribution in [0.25, 0.3) is 16.9 Å². The normalized spacial score (nSPS) is 11.9. The zero-order chi connectivity index (χ0) is 20.9. The summed E-state index contributed by atoms with van der Waals surface area (Å²) < 4.78 is 1.97. The molecule has 2 heterocycles. The van der Waals surface area contributed by atoms with Gasteiger partial charge in [-0.05, 0) is 25.5 Å². The van der Waals surface area contributed by atoms with Gasteiger partial charge in [-0.15, -0.1) is 0 Å². The van der Waals surface area contributed by atoms with Crippen LogP contribution in [0, 0.1) is 6.92 Å². The number of hydrogen-bond donors (Lipinski definition) is 2. The van der Waals surface area contributed by atoms with Crippen LogP contribution in [-0.2, 0) is 4.79 Å². The smallest absolute Gasteiger partial charge is 0.222 e. The van der Waals surface area contributed by atoms with Crippen molar-refractivity contribution in [1.29, 1.82) is 0 Å². The Morgan fingerprint density at radius 1 is 1.13 bits per heavy atom. The van der Waals surface area contributed by atoms with Crippen molar-refractivity contribution in [2.45, 2.75) is 26.3 Å². The lowest BCUT2D eigenvalue weighted by Crippen LogP contribution is -2.28. The van der Waals surface area contributed by atoms with Gasteiger partial charge in [-0.2, -0.15) is 0 Å². The summed E-state index contributed by atoms with van der Waals surface area (Å²) in [4.78, 5) is 21.4. The molecule has 2 aromatic carbocycles. The highest BCUT2D eigenvalue weighted by Gasteiger charge is 2.15. The molecule has 0 aliphatic rings. The molecule has 6 heteroatoms. The third-order valence-corrected chi connectivity index (χ3v) is 5.04. The van der Waals surface area contributed by atoms with Crippen LogP contribution in [0.3, 0.4) is 0 Å². The van der Waals surface area contributed by atoms with Gasteiger partial charge in [0.1, 0.15) is 11.5 Å². The number of carbonyl (C=O) groups excluding carboxylic acids is 1. The van der Waals surface area contributed by atoms with Gasteiger partial charge in [-0.3, -0.25) is 14.2 Å². The van der Waals surface area contributed by atoms with Crippen LogP contribution in [0.2, 0.25) is 0 Å². The summed E-state index contributed by atoms with van der Waals surface area (Å²) in [5, 5.41) is 6.47. The van der Waals surface area contributed by atoms with Gasteiger partial charge >= 0.3 is 0 Å². The lowest BCUT2D eigenvalue weighted by Gasteiger charge is -2.15. The lowest BCUT2D eigenvalue weighted by molar-refractivity contribution is -0.121. The van der Waals surface area contributed by atoms with Crippen LogP contribution in [0.5, 0.6) is 0 Å². The fourth-order valence-corrected chi connectivity index (χ4v) is 3.50. The number of aromatic nitrogens is 3. The van der Waals surface area contributed by atoms with Crippen molar-refractivity contribution in [1.82, 2.24) is 19.7 Å². The topological polar surface area (TPSA) is 71.3 Å².